The first-order chi connectivity index (χ1) is 10.6. The van der Waals surface area contributed by atoms with Crippen LogP contribution < -0.4 is 15.0 Å². The van der Waals surface area contributed by atoms with Crippen molar-refractivity contribution in [2.75, 3.05) is 20.5 Å². The number of thioether (sulfide) groups is 1. The molecule has 6 nitrogen and oxygen atoms in total. The van der Waals surface area contributed by atoms with Crippen LogP contribution in [0.25, 0.3) is 11.3 Å². The maximum absolute atomic E-state index is 12.3. The molecule has 0 unspecified atom stereocenters. The van der Waals surface area contributed by atoms with Gasteiger partial charge in [-0.2, -0.15) is 5.26 Å². The number of benzene rings is 1. The van der Waals surface area contributed by atoms with Gasteiger partial charge >= 0.3 is 0 Å². The number of nitrogens with zero attached hydrogens (tertiary/aromatic N) is 3. The molecule has 0 bridgehead atoms. The van der Waals surface area contributed by atoms with Crippen LogP contribution in [-0.2, 0) is 7.05 Å². The summed E-state index contributed by atoms with van der Waals surface area (Å²) in [5.74, 6) is 0.950. The van der Waals surface area contributed by atoms with Crippen molar-refractivity contribution < 1.29 is 9.47 Å². The molecule has 1 aromatic heterocycles. The lowest BCUT2D eigenvalue weighted by Gasteiger charge is -2.14. The van der Waals surface area contributed by atoms with E-state index in [9.17, 15) is 10.1 Å². The van der Waals surface area contributed by atoms with Crippen molar-refractivity contribution >= 4 is 11.8 Å². The van der Waals surface area contributed by atoms with Crippen LogP contribution in [0.2, 0.25) is 0 Å². The van der Waals surface area contributed by atoms with Gasteiger partial charge < -0.3 is 9.47 Å². The molecule has 0 fully saturated rings. The fourth-order valence-electron chi connectivity index (χ4n) is 2.13. The average Bonchev–Trinajstić information content (AvgIpc) is 2.56. The number of rotatable bonds is 4. The zero-order valence-electron chi connectivity index (χ0n) is 12.7. The normalized spacial score (nSPS) is 10.1. The van der Waals surface area contributed by atoms with E-state index in [0.29, 0.717) is 27.9 Å². The predicted molar refractivity (Wildman–Crippen MR) is 84.5 cm³/mol. The van der Waals surface area contributed by atoms with E-state index in [1.54, 1.807) is 25.2 Å². The minimum Gasteiger partial charge on any atom is -0.493 e. The van der Waals surface area contributed by atoms with Gasteiger partial charge in [0.15, 0.2) is 16.7 Å². The van der Waals surface area contributed by atoms with Crippen molar-refractivity contribution in [2.45, 2.75) is 5.16 Å². The molecule has 2 rings (SSSR count). The second-order valence-corrected chi connectivity index (χ2v) is 5.11. The van der Waals surface area contributed by atoms with Crippen LogP contribution in [0.1, 0.15) is 5.56 Å². The smallest absolute Gasteiger partial charge is 0.272 e. The van der Waals surface area contributed by atoms with Crippen molar-refractivity contribution in [3.05, 3.63) is 34.1 Å². The number of hydrogen-bond acceptors (Lipinski definition) is 6. The van der Waals surface area contributed by atoms with Gasteiger partial charge in [-0.1, -0.05) is 17.8 Å². The van der Waals surface area contributed by atoms with Crippen molar-refractivity contribution in [2.24, 2.45) is 7.05 Å². The monoisotopic (exact) mass is 317 g/mol. The Morgan fingerprint density at radius 2 is 2.05 bits per heavy atom. The van der Waals surface area contributed by atoms with Gasteiger partial charge in [0, 0.05) is 12.6 Å². The van der Waals surface area contributed by atoms with Gasteiger partial charge in [-0.25, -0.2) is 4.98 Å². The van der Waals surface area contributed by atoms with E-state index >= 15 is 0 Å². The van der Waals surface area contributed by atoms with E-state index in [-0.39, 0.29) is 11.1 Å². The van der Waals surface area contributed by atoms with Gasteiger partial charge in [0.2, 0.25) is 0 Å². The summed E-state index contributed by atoms with van der Waals surface area (Å²) < 4.78 is 12.0. The zero-order chi connectivity index (χ0) is 16.3. The Hall–Kier alpha value is -2.46. The Morgan fingerprint density at radius 3 is 2.59 bits per heavy atom. The summed E-state index contributed by atoms with van der Waals surface area (Å²) in [5, 5.41) is 9.87. The lowest BCUT2D eigenvalue weighted by molar-refractivity contribution is 0.356. The number of hydrogen-bond donors (Lipinski definition) is 0. The fraction of sp³-hybridized carbons (Fsp3) is 0.267. The van der Waals surface area contributed by atoms with Crippen LogP contribution in [0, 0.1) is 11.3 Å². The summed E-state index contributed by atoms with van der Waals surface area (Å²) >= 11 is 1.33. The Labute approximate surface area is 132 Å². The Bertz CT molecular complexity index is 809. The summed E-state index contributed by atoms with van der Waals surface area (Å²) in [7, 11) is 4.62. The molecule has 0 radical (unpaired) electrons. The third-order valence-electron chi connectivity index (χ3n) is 3.20. The molecular formula is C15H15N3O3S. The van der Waals surface area contributed by atoms with Crippen LogP contribution in [0.3, 0.4) is 0 Å². The molecule has 2 aromatic rings. The molecule has 0 amide bonds. The van der Waals surface area contributed by atoms with Crippen LogP contribution in [0.15, 0.2) is 28.2 Å². The molecule has 7 heteroatoms. The van der Waals surface area contributed by atoms with Crippen LogP contribution >= 0.6 is 11.8 Å². The fourth-order valence-corrected chi connectivity index (χ4v) is 2.67. The van der Waals surface area contributed by atoms with Crippen LogP contribution in [0.4, 0.5) is 0 Å². The minimum atomic E-state index is -0.387. The topological polar surface area (TPSA) is 77.1 Å². The maximum Gasteiger partial charge on any atom is 0.272 e. The number of ether oxygens (including phenoxy) is 2. The van der Waals surface area contributed by atoms with Gasteiger partial charge in [0.1, 0.15) is 17.3 Å². The summed E-state index contributed by atoms with van der Waals surface area (Å²) in [5.41, 5.74) is 0.436. The van der Waals surface area contributed by atoms with Gasteiger partial charge in [-0.3, -0.25) is 9.36 Å². The highest BCUT2D eigenvalue weighted by Gasteiger charge is 2.20. The SMILES string of the molecule is COc1cccc(-c2nc(SC)n(C)c(=O)c2C#N)c1OC. The number of para-hydroxylation sites is 1. The standard InChI is InChI=1S/C15H15N3O3S/c1-18-14(19)10(8-16)12(17-15(18)22-4)9-6-5-7-11(20-2)13(9)21-3/h5-7H,1-4H3. The molecule has 0 N–H and O–H groups in total. The van der Waals surface area contributed by atoms with E-state index < -0.39 is 0 Å². The van der Waals surface area contributed by atoms with Crippen LogP contribution in [-0.4, -0.2) is 30.0 Å². The summed E-state index contributed by atoms with van der Waals surface area (Å²) in [6.07, 6.45) is 1.82. The first-order valence-electron chi connectivity index (χ1n) is 6.35. The highest BCUT2D eigenvalue weighted by atomic mass is 32.2. The molecule has 0 saturated carbocycles. The molecular weight excluding hydrogens is 302 g/mol. The molecule has 0 aliphatic carbocycles. The predicted octanol–water partition coefficient (Wildman–Crippen LogP) is 2.06. The third kappa shape index (κ3) is 2.53. The number of aromatic nitrogens is 2. The molecule has 1 aromatic carbocycles. The highest BCUT2D eigenvalue weighted by Crippen LogP contribution is 2.38. The van der Waals surface area contributed by atoms with Gasteiger partial charge in [0.05, 0.1) is 14.2 Å². The second-order valence-electron chi connectivity index (χ2n) is 4.34. The van der Waals surface area contributed by atoms with Gasteiger partial charge in [-0.05, 0) is 18.4 Å². The molecule has 0 spiro atoms. The largest absolute Gasteiger partial charge is 0.493 e. The molecule has 0 aliphatic rings. The molecule has 0 saturated heterocycles. The third-order valence-corrected chi connectivity index (χ3v) is 3.93. The summed E-state index contributed by atoms with van der Waals surface area (Å²) in [4.78, 5) is 16.8. The van der Waals surface area contributed by atoms with Crippen molar-refractivity contribution in [3.63, 3.8) is 0 Å². The molecule has 0 aliphatic heterocycles. The second kappa shape index (κ2) is 6.54. The molecule has 0 atom stereocenters. The minimum absolute atomic E-state index is 0.0214. The van der Waals surface area contributed by atoms with E-state index in [0.717, 1.165) is 0 Å². The van der Waals surface area contributed by atoms with Gasteiger partial charge in [0.25, 0.3) is 5.56 Å². The Kier molecular flexibility index (Phi) is 4.73. The first kappa shape index (κ1) is 15.9. The Balaban J connectivity index is 2.87. The van der Waals surface area contributed by atoms with E-state index in [4.69, 9.17) is 9.47 Å². The lowest BCUT2D eigenvalue weighted by Crippen LogP contribution is -2.23. The van der Waals surface area contributed by atoms with E-state index in [1.807, 2.05) is 12.3 Å². The first-order valence-corrected chi connectivity index (χ1v) is 7.58. The average molecular weight is 317 g/mol. The van der Waals surface area contributed by atoms with E-state index in [2.05, 4.69) is 4.98 Å². The number of nitriles is 1. The summed E-state index contributed by atoms with van der Waals surface area (Å²) in [6.45, 7) is 0. The zero-order valence-corrected chi connectivity index (χ0v) is 13.5. The lowest BCUT2D eigenvalue weighted by atomic mass is 10.1. The van der Waals surface area contributed by atoms with Crippen molar-refractivity contribution in [1.29, 1.82) is 5.26 Å². The Morgan fingerprint density at radius 1 is 1.32 bits per heavy atom. The number of methoxy groups -OCH3 is 2. The van der Waals surface area contributed by atoms with Gasteiger partial charge in [-0.15, -0.1) is 0 Å². The molecule has 1 heterocycles. The summed E-state index contributed by atoms with van der Waals surface area (Å²) in [6, 6.07) is 7.19. The molecule has 22 heavy (non-hydrogen) atoms. The van der Waals surface area contributed by atoms with Crippen molar-refractivity contribution in [1.82, 2.24) is 9.55 Å². The quantitative estimate of drug-likeness (QED) is 0.634. The van der Waals surface area contributed by atoms with Crippen LogP contribution in [0.5, 0.6) is 11.5 Å². The molecule has 114 valence electrons. The highest BCUT2D eigenvalue weighted by molar-refractivity contribution is 7.98. The van der Waals surface area contributed by atoms with Crippen molar-refractivity contribution in [3.8, 4) is 28.8 Å². The maximum atomic E-state index is 12.3. The van der Waals surface area contributed by atoms with E-state index in [1.165, 1.54) is 30.5 Å².